The van der Waals surface area contributed by atoms with Crippen LogP contribution in [-0.2, 0) is 0 Å². The van der Waals surface area contributed by atoms with E-state index in [9.17, 15) is 5.11 Å². The molecule has 1 aromatic rings. The molecular weight excluding hydrogens is 230 g/mol. The van der Waals surface area contributed by atoms with Crippen molar-refractivity contribution < 1.29 is 14.6 Å². The van der Waals surface area contributed by atoms with Crippen molar-refractivity contribution in [3.63, 3.8) is 0 Å². The Morgan fingerprint density at radius 3 is 2.33 bits per heavy atom. The van der Waals surface area contributed by atoms with Crippen LogP contribution in [0.3, 0.4) is 0 Å². The molecule has 0 heterocycles. The third-order valence-electron chi connectivity index (χ3n) is 2.64. The first-order valence-corrected chi connectivity index (χ1v) is 6.29. The summed E-state index contributed by atoms with van der Waals surface area (Å²) in [6.07, 6.45) is 0.401. The molecule has 3 N–H and O–H groups in total. The van der Waals surface area contributed by atoms with Gasteiger partial charge in [-0.25, -0.2) is 0 Å². The van der Waals surface area contributed by atoms with Crippen LogP contribution in [0.2, 0.25) is 0 Å². The first kappa shape index (κ1) is 14.8. The maximum absolute atomic E-state index is 9.86. The molecule has 18 heavy (non-hydrogen) atoms. The molecule has 0 aliphatic carbocycles. The van der Waals surface area contributed by atoms with Crippen LogP contribution in [0.4, 0.5) is 0 Å². The molecule has 2 atom stereocenters. The first-order chi connectivity index (χ1) is 8.46. The Bertz CT molecular complexity index is 349. The fraction of sp³-hybridized carbons (Fsp3) is 0.571. The van der Waals surface area contributed by atoms with E-state index in [-0.39, 0.29) is 12.6 Å². The SMILES string of the molecule is CCOc1ccc(OC(C)CC(C)(O)CN)cc1. The molecule has 0 saturated carbocycles. The van der Waals surface area contributed by atoms with Crippen molar-refractivity contribution >= 4 is 0 Å². The zero-order valence-corrected chi connectivity index (χ0v) is 11.3. The van der Waals surface area contributed by atoms with E-state index < -0.39 is 5.60 Å². The standard InChI is InChI=1S/C14H23NO3/c1-4-17-12-5-7-13(8-6-12)18-11(2)9-14(3,16)10-15/h5-8,11,16H,4,9-10,15H2,1-3H3. The van der Waals surface area contributed by atoms with Crippen LogP contribution in [0.1, 0.15) is 27.2 Å². The van der Waals surface area contributed by atoms with Gasteiger partial charge in [-0.3, -0.25) is 0 Å². The quantitative estimate of drug-likeness (QED) is 0.779. The fourth-order valence-electron chi connectivity index (χ4n) is 1.76. The van der Waals surface area contributed by atoms with Crippen LogP contribution in [0, 0.1) is 0 Å². The Morgan fingerprint density at radius 1 is 1.28 bits per heavy atom. The molecule has 4 nitrogen and oxygen atoms in total. The lowest BCUT2D eigenvalue weighted by Gasteiger charge is -2.25. The number of aliphatic hydroxyl groups is 1. The minimum Gasteiger partial charge on any atom is -0.494 e. The third kappa shape index (κ3) is 4.94. The van der Waals surface area contributed by atoms with Gasteiger partial charge in [0.25, 0.3) is 0 Å². The largest absolute Gasteiger partial charge is 0.494 e. The molecule has 0 saturated heterocycles. The molecule has 0 radical (unpaired) electrons. The maximum Gasteiger partial charge on any atom is 0.119 e. The number of hydrogen-bond acceptors (Lipinski definition) is 4. The summed E-state index contributed by atoms with van der Waals surface area (Å²) < 4.78 is 11.1. The van der Waals surface area contributed by atoms with Gasteiger partial charge < -0.3 is 20.3 Å². The van der Waals surface area contributed by atoms with E-state index in [0.29, 0.717) is 13.0 Å². The van der Waals surface area contributed by atoms with Crippen molar-refractivity contribution in [3.8, 4) is 11.5 Å². The second-order valence-electron chi connectivity index (χ2n) is 4.74. The fourth-order valence-corrected chi connectivity index (χ4v) is 1.76. The van der Waals surface area contributed by atoms with Crippen LogP contribution < -0.4 is 15.2 Å². The summed E-state index contributed by atoms with van der Waals surface area (Å²) in [5.74, 6) is 1.59. The number of hydrogen-bond donors (Lipinski definition) is 2. The van der Waals surface area contributed by atoms with E-state index in [1.807, 2.05) is 38.1 Å². The summed E-state index contributed by atoms with van der Waals surface area (Å²) in [5.41, 5.74) is 4.59. The third-order valence-corrected chi connectivity index (χ3v) is 2.64. The molecule has 0 aliphatic rings. The van der Waals surface area contributed by atoms with Crippen molar-refractivity contribution in [1.29, 1.82) is 0 Å². The van der Waals surface area contributed by atoms with E-state index in [4.69, 9.17) is 15.2 Å². The molecule has 0 spiro atoms. The van der Waals surface area contributed by atoms with E-state index in [1.54, 1.807) is 6.92 Å². The number of ether oxygens (including phenoxy) is 2. The molecule has 0 bridgehead atoms. The second kappa shape index (κ2) is 6.61. The Morgan fingerprint density at radius 2 is 1.83 bits per heavy atom. The highest BCUT2D eigenvalue weighted by Gasteiger charge is 2.22. The van der Waals surface area contributed by atoms with E-state index >= 15 is 0 Å². The predicted molar refractivity (Wildman–Crippen MR) is 72.0 cm³/mol. The van der Waals surface area contributed by atoms with Gasteiger partial charge >= 0.3 is 0 Å². The van der Waals surface area contributed by atoms with Gasteiger partial charge in [-0.1, -0.05) is 0 Å². The topological polar surface area (TPSA) is 64.7 Å². The predicted octanol–water partition coefficient (Wildman–Crippen LogP) is 1.95. The maximum atomic E-state index is 9.86. The first-order valence-electron chi connectivity index (χ1n) is 6.29. The Kier molecular flexibility index (Phi) is 5.44. The molecule has 1 rings (SSSR count). The molecule has 4 heteroatoms. The lowest BCUT2D eigenvalue weighted by Crippen LogP contribution is -2.38. The van der Waals surface area contributed by atoms with Crippen LogP contribution in [0.15, 0.2) is 24.3 Å². The molecule has 102 valence electrons. The Labute approximate surface area is 109 Å². The lowest BCUT2D eigenvalue weighted by atomic mass is 9.99. The Hall–Kier alpha value is -1.26. The highest BCUT2D eigenvalue weighted by molar-refractivity contribution is 5.31. The van der Waals surface area contributed by atoms with E-state index in [2.05, 4.69) is 0 Å². The molecule has 0 amide bonds. The van der Waals surface area contributed by atoms with Gasteiger partial charge in [-0.2, -0.15) is 0 Å². The van der Waals surface area contributed by atoms with E-state index in [0.717, 1.165) is 11.5 Å². The van der Waals surface area contributed by atoms with Crippen molar-refractivity contribution in [1.82, 2.24) is 0 Å². The Balaban J connectivity index is 2.51. The average molecular weight is 253 g/mol. The summed E-state index contributed by atoms with van der Waals surface area (Å²) in [6.45, 7) is 6.45. The summed E-state index contributed by atoms with van der Waals surface area (Å²) in [6, 6.07) is 7.45. The monoisotopic (exact) mass is 253 g/mol. The molecule has 2 unspecified atom stereocenters. The second-order valence-corrected chi connectivity index (χ2v) is 4.74. The van der Waals surface area contributed by atoms with Crippen LogP contribution in [0.5, 0.6) is 11.5 Å². The smallest absolute Gasteiger partial charge is 0.119 e. The van der Waals surface area contributed by atoms with Gasteiger partial charge in [-0.15, -0.1) is 0 Å². The number of rotatable bonds is 7. The average Bonchev–Trinajstić information content (AvgIpc) is 2.31. The van der Waals surface area contributed by atoms with Gasteiger partial charge in [-0.05, 0) is 45.0 Å². The minimum atomic E-state index is -0.884. The highest BCUT2D eigenvalue weighted by Crippen LogP contribution is 2.21. The molecular formula is C14H23NO3. The number of nitrogens with two attached hydrogens (primary N) is 1. The van der Waals surface area contributed by atoms with E-state index in [1.165, 1.54) is 0 Å². The lowest BCUT2D eigenvalue weighted by molar-refractivity contribution is 0.0237. The van der Waals surface area contributed by atoms with Crippen LogP contribution >= 0.6 is 0 Å². The van der Waals surface area contributed by atoms with Gasteiger partial charge in [0, 0.05) is 13.0 Å². The van der Waals surface area contributed by atoms with Crippen molar-refractivity contribution in [2.45, 2.75) is 38.9 Å². The number of benzene rings is 1. The van der Waals surface area contributed by atoms with Crippen LogP contribution in [-0.4, -0.2) is 30.0 Å². The summed E-state index contributed by atoms with van der Waals surface area (Å²) in [5, 5.41) is 9.86. The van der Waals surface area contributed by atoms with Crippen LogP contribution in [0.25, 0.3) is 0 Å². The van der Waals surface area contributed by atoms with Crippen molar-refractivity contribution in [2.24, 2.45) is 5.73 Å². The zero-order valence-electron chi connectivity index (χ0n) is 11.3. The van der Waals surface area contributed by atoms with Gasteiger partial charge in [0.1, 0.15) is 11.5 Å². The highest BCUT2D eigenvalue weighted by atomic mass is 16.5. The molecule has 0 aromatic heterocycles. The van der Waals surface area contributed by atoms with Crippen molar-refractivity contribution in [2.75, 3.05) is 13.2 Å². The van der Waals surface area contributed by atoms with Crippen molar-refractivity contribution in [3.05, 3.63) is 24.3 Å². The summed E-state index contributed by atoms with van der Waals surface area (Å²) >= 11 is 0. The minimum absolute atomic E-state index is 0.0958. The molecule has 0 fully saturated rings. The van der Waals surface area contributed by atoms with Gasteiger partial charge in [0.15, 0.2) is 0 Å². The summed E-state index contributed by atoms with van der Waals surface area (Å²) in [7, 11) is 0. The molecule has 1 aromatic carbocycles. The molecule has 0 aliphatic heterocycles. The zero-order chi connectivity index (χ0) is 13.6. The van der Waals surface area contributed by atoms with Gasteiger partial charge in [0.05, 0.1) is 18.3 Å². The normalized spacial score (nSPS) is 15.8. The summed E-state index contributed by atoms with van der Waals surface area (Å²) in [4.78, 5) is 0. The van der Waals surface area contributed by atoms with Gasteiger partial charge in [0.2, 0.25) is 0 Å².